The van der Waals surface area contributed by atoms with Gasteiger partial charge in [0.2, 0.25) is 9.84 Å². The number of carboxylic acid groups (broad SMARTS) is 1. The highest BCUT2D eigenvalue weighted by Gasteiger charge is 2.29. The highest BCUT2D eigenvalue weighted by Crippen LogP contribution is 2.32. The Morgan fingerprint density at radius 1 is 1.31 bits per heavy atom. The summed E-state index contributed by atoms with van der Waals surface area (Å²) in [7, 11) is -3.70. The number of fused-ring (bicyclic) bond motifs is 1. The Labute approximate surface area is 91.6 Å². The van der Waals surface area contributed by atoms with Crippen molar-refractivity contribution in [2.24, 2.45) is 0 Å². The third-order valence-corrected chi connectivity index (χ3v) is 4.24. The lowest BCUT2D eigenvalue weighted by molar-refractivity contribution is 0.0696. The lowest BCUT2D eigenvalue weighted by Crippen LogP contribution is -2.05. The lowest BCUT2D eigenvalue weighted by Gasteiger charge is -2.01. The van der Waals surface area contributed by atoms with Gasteiger partial charge in [0.15, 0.2) is 0 Å². The molecular weight excluding hydrogens is 232 g/mol. The molecule has 0 amide bonds. The van der Waals surface area contributed by atoms with E-state index in [1.165, 1.54) is 18.2 Å². The number of carbonyl (C=O) groups is 1. The first-order valence-electron chi connectivity index (χ1n) is 4.40. The maximum absolute atomic E-state index is 11.8. The molecule has 0 saturated carbocycles. The number of rotatable bonds is 2. The molecule has 16 heavy (non-hydrogen) atoms. The Morgan fingerprint density at radius 2 is 2.00 bits per heavy atom. The second-order valence-corrected chi connectivity index (χ2v) is 5.30. The summed E-state index contributed by atoms with van der Waals surface area (Å²) >= 11 is 0. The molecule has 2 rings (SSSR count). The third kappa shape index (κ3) is 1.43. The smallest absolute Gasteiger partial charge is 0.335 e. The van der Waals surface area contributed by atoms with Crippen molar-refractivity contribution in [1.82, 2.24) is 0 Å². The van der Waals surface area contributed by atoms with Crippen molar-refractivity contribution in [3.8, 4) is 0 Å². The highest BCUT2D eigenvalue weighted by atomic mass is 32.2. The first kappa shape index (κ1) is 10.8. The first-order valence-corrected chi connectivity index (χ1v) is 5.89. The van der Waals surface area contributed by atoms with Crippen LogP contribution in [0.5, 0.6) is 0 Å². The van der Waals surface area contributed by atoms with Gasteiger partial charge in [0.25, 0.3) is 0 Å². The monoisotopic (exact) mass is 240 g/mol. The maximum Gasteiger partial charge on any atom is 0.335 e. The van der Waals surface area contributed by atoms with Gasteiger partial charge in [-0.05, 0) is 23.8 Å². The van der Waals surface area contributed by atoms with Crippen molar-refractivity contribution in [3.05, 3.63) is 34.2 Å². The van der Waals surface area contributed by atoms with Crippen LogP contribution in [0.3, 0.4) is 0 Å². The number of sulfone groups is 1. The Bertz CT molecular complexity index is 598. The fourth-order valence-corrected chi connectivity index (χ4v) is 3.00. The van der Waals surface area contributed by atoms with Gasteiger partial charge in [-0.15, -0.1) is 0 Å². The minimum absolute atomic E-state index is 0.0588. The number of aliphatic hydroxyl groups is 1. The molecule has 0 aromatic heterocycles. The zero-order valence-corrected chi connectivity index (χ0v) is 8.86. The molecular formula is C10H8O5S. The van der Waals surface area contributed by atoms with Gasteiger partial charge < -0.3 is 10.2 Å². The van der Waals surface area contributed by atoms with E-state index in [0.717, 1.165) is 6.07 Å². The van der Waals surface area contributed by atoms with Crippen LogP contribution in [-0.2, 0) is 9.84 Å². The molecule has 0 unspecified atom stereocenters. The number of hydrogen-bond donors (Lipinski definition) is 2. The predicted molar refractivity (Wildman–Crippen MR) is 55.6 cm³/mol. The number of carboxylic acids is 1. The van der Waals surface area contributed by atoms with Crippen LogP contribution < -0.4 is 0 Å². The number of aromatic carboxylic acids is 1. The molecule has 0 fully saturated rings. The molecule has 2 N–H and O–H groups in total. The second kappa shape index (κ2) is 3.43. The van der Waals surface area contributed by atoms with E-state index in [2.05, 4.69) is 0 Å². The van der Waals surface area contributed by atoms with Crippen LogP contribution >= 0.6 is 0 Å². The van der Waals surface area contributed by atoms with E-state index in [4.69, 9.17) is 10.2 Å². The zero-order chi connectivity index (χ0) is 11.9. The van der Waals surface area contributed by atoms with Crippen molar-refractivity contribution in [2.75, 3.05) is 6.61 Å². The topological polar surface area (TPSA) is 91.7 Å². The Balaban J connectivity index is 2.65. The van der Waals surface area contributed by atoms with E-state index in [1.54, 1.807) is 0 Å². The van der Waals surface area contributed by atoms with Crippen LogP contribution in [0.25, 0.3) is 6.08 Å². The number of benzene rings is 1. The molecule has 1 aliphatic heterocycles. The fraction of sp³-hybridized carbons (Fsp3) is 0.100. The molecule has 1 heterocycles. The average Bonchev–Trinajstić information content (AvgIpc) is 2.49. The molecule has 1 aromatic rings. The summed E-state index contributed by atoms with van der Waals surface area (Å²) in [5.74, 6) is -1.18. The van der Waals surface area contributed by atoms with Crippen molar-refractivity contribution in [2.45, 2.75) is 4.90 Å². The molecule has 0 radical (unpaired) electrons. The molecule has 0 spiro atoms. The minimum Gasteiger partial charge on any atom is -0.478 e. The summed E-state index contributed by atoms with van der Waals surface area (Å²) in [6, 6.07) is 3.85. The molecule has 6 heteroatoms. The normalized spacial score (nSPS) is 16.7. The molecule has 5 nitrogen and oxygen atoms in total. The van der Waals surface area contributed by atoms with Gasteiger partial charge >= 0.3 is 5.97 Å². The first-order chi connectivity index (χ1) is 7.46. The largest absolute Gasteiger partial charge is 0.478 e. The van der Waals surface area contributed by atoms with E-state index in [1.807, 2.05) is 0 Å². The predicted octanol–water partition coefficient (Wildman–Crippen LogP) is 0.505. The number of hydrogen-bond acceptors (Lipinski definition) is 4. The molecule has 0 atom stereocenters. The van der Waals surface area contributed by atoms with E-state index in [9.17, 15) is 13.2 Å². The quantitative estimate of drug-likeness (QED) is 0.785. The van der Waals surface area contributed by atoms with Gasteiger partial charge in [-0.1, -0.05) is 6.07 Å². The average molecular weight is 240 g/mol. The Kier molecular flexibility index (Phi) is 2.32. The van der Waals surface area contributed by atoms with Crippen LogP contribution in [0.1, 0.15) is 15.9 Å². The molecule has 0 aliphatic carbocycles. The summed E-state index contributed by atoms with van der Waals surface area (Å²) in [5.41, 5.74) is 0.323. The van der Waals surface area contributed by atoms with Gasteiger partial charge in [-0.2, -0.15) is 0 Å². The van der Waals surface area contributed by atoms with Gasteiger partial charge in [0.1, 0.15) is 0 Å². The summed E-state index contributed by atoms with van der Waals surface area (Å²) in [6.07, 6.45) is 1.34. The van der Waals surface area contributed by atoms with Crippen LogP contribution in [0.4, 0.5) is 0 Å². The fourth-order valence-electron chi connectivity index (χ4n) is 1.54. The number of aliphatic hydroxyl groups excluding tert-OH is 1. The molecule has 84 valence electrons. The summed E-state index contributed by atoms with van der Waals surface area (Å²) < 4.78 is 23.5. The standard InChI is InChI=1S/C10H8O5S/c11-5-8-3-6-1-2-7(10(12)13)4-9(6)16(8,14)15/h1-4,11H,5H2,(H,12,13). The summed E-state index contributed by atoms with van der Waals surface area (Å²) in [4.78, 5) is 10.5. The molecule has 1 aliphatic rings. The SMILES string of the molecule is O=C(O)c1ccc2c(c1)S(=O)(=O)C(CO)=C2. The Hall–Kier alpha value is -1.66. The van der Waals surface area contributed by atoms with E-state index >= 15 is 0 Å². The Morgan fingerprint density at radius 3 is 2.56 bits per heavy atom. The van der Waals surface area contributed by atoms with Crippen LogP contribution in [0, 0.1) is 0 Å². The van der Waals surface area contributed by atoms with Crippen molar-refractivity contribution in [3.63, 3.8) is 0 Å². The van der Waals surface area contributed by atoms with Crippen molar-refractivity contribution >= 4 is 21.9 Å². The van der Waals surface area contributed by atoms with Gasteiger partial charge in [-0.3, -0.25) is 0 Å². The van der Waals surface area contributed by atoms with Crippen LogP contribution in [0.2, 0.25) is 0 Å². The van der Waals surface area contributed by atoms with Gasteiger partial charge in [0, 0.05) is 0 Å². The minimum atomic E-state index is -3.70. The van der Waals surface area contributed by atoms with Crippen molar-refractivity contribution < 1.29 is 23.4 Å². The summed E-state index contributed by atoms with van der Waals surface area (Å²) in [5, 5.41) is 17.6. The maximum atomic E-state index is 11.8. The van der Waals surface area contributed by atoms with Gasteiger partial charge in [-0.25, -0.2) is 13.2 Å². The van der Waals surface area contributed by atoms with E-state index < -0.39 is 22.4 Å². The highest BCUT2D eigenvalue weighted by molar-refractivity contribution is 7.95. The molecule has 0 saturated heterocycles. The summed E-state index contributed by atoms with van der Waals surface area (Å²) in [6.45, 7) is -0.584. The lowest BCUT2D eigenvalue weighted by atomic mass is 10.1. The van der Waals surface area contributed by atoms with E-state index in [0.29, 0.717) is 5.56 Å². The van der Waals surface area contributed by atoms with E-state index in [-0.39, 0.29) is 15.4 Å². The van der Waals surface area contributed by atoms with Crippen molar-refractivity contribution in [1.29, 1.82) is 0 Å². The molecule has 0 bridgehead atoms. The van der Waals surface area contributed by atoms with Crippen LogP contribution in [-0.4, -0.2) is 31.2 Å². The van der Waals surface area contributed by atoms with Crippen LogP contribution in [0.15, 0.2) is 28.0 Å². The zero-order valence-electron chi connectivity index (χ0n) is 8.04. The third-order valence-electron chi connectivity index (χ3n) is 2.37. The molecule has 1 aromatic carbocycles. The van der Waals surface area contributed by atoms with Gasteiger partial charge in [0.05, 0.1) is 22.0 Å². The second-order valence-electron chi connectivity index (χ2n) is 3.33.